The first kappa shape index (κ1) is 17.5. The van der Waals surface area contributed by atoms with Crippen LogP contribution in [0.1, 0.15) is 45.2 Å². The monoisotopic (exact) mass is 318 g/mol. The van der Waals surface area contributed by atoms with E-state index >= 15 is 0 Å². The molecule has 0 aliphatic carbocycles. The minimum atomic E-state index is -0.866. The van der Waals surface area contributed by atoms with Crippen molar-refractivity contribution in [2.45, 2.75) is 46.3 Å². The first-order chi connectivity index (χ1) is 10.6. The number of benzene rings is 1. The summed E-state index contributed by atoms with van der Waals surface area (Å²) in [4.78, 5) is 25.6. The quantitative estimate of drug-likeness (QED) is 0.889. The zero-order valence-electron chi connectivity index (χ0n) is 14.3. The lowest BCUT2D eigenvalue weighted by Crippen LogP contribution is -2.41. The summed E-state index contributed by atoms with van der Waals surface area (Å²) < 4.78 is 0. The fourth-order valence-corrected chi connectivity index (χ4v) is 2.84. The molecule has 1 aliphatic rings. The number of nitrogens with one attached hydrogen (secondary N) is 1. The Morgan fingerprint density at radius 3 is 2.39 bits per heavy atom. The summed E-state index contributed by atoms with van der Waals surface area (Å²) in [5, 5.41) is 12.9. The molecule has 1 unspecified atom stereocenters. The second kappa shape index (κ2) is 6.32. The highest BCUT2D eigenvalue weighted by atomic mass is 16.3. The second-order valence-electron chi connectivity index (χ2n) is 7.19. The maximum atomic E-state index is 12.4. The van der Waals surface area contributed by atoms with Crippen LogP contribution >= 0.6 is 0 Å². The number of hydrogen-bond donors (Lipinski definition) is 2. The van der Waals surface area contributed by atoms with Gasteiger partial charge in [-0.15, -0.1) is 0 Å². The second-order valence-corrected chi connectivity index (χ2v) is 7.19. The van der Waals surface area contributed by atoms with Gasteiger partial charge in [-0.1, -0.05) is 24.3 Å². The first-order valence-corrected chi connectivity index (χ1v) is 7.97. The van der Waals surface area contributed by atoms with E-state index in [0.29, 0.717) is 26.1 Å². The molecule has 5 nitrogen and oxygen atoms in total. The third-order valence-corrected chi connectivity index (χ3v) is 4.58. The lowest BCUT2D eigenvalue weighted by atomic mass is 9.88. The SMILES string of the molecule is CC(=O)N1CCC(C)(C(=O)NCc2ccc(C(C)(C)O)cc2)C1. The van der Waals surface area contributed by atoms with Crippen LogP contribution in [0.3, 0.4) is 0 Å². The molecule has 126 valence electrons. The summed E-state index contributed by atoms with van der Waals surface area (Å²) in [6.07, 6.45) is 0.691. The number of rotatable bonds is 4. The number of carbonyl (C=O) groups is 2. The third kappa shape index (κ3) is 4.10. The van der Waals surface area contributed by atoms with E-state index in [-0.39, 0.29) is 11.8 Å². The number of hydrogen-bond acceptors (Lipinski definition) is 3. The standard InChI is InChI=1S/C18H26N2O3/c1-13(21)20-10-9-18(4,12-20)16(22)19-11-14-5-7-15(8-6-14)17(2,3)23/h5-8,23H,9-12H2,1-4H3,(H,19,22). The van der Waals surface area contributed by atoms with Gasteiger partial charge in [0.2, 0.25) is 11.8 Å². The van der Waals surface area contributed by atoms with E-state index in [4.69, 9.17) is 0 Å². The minimum absolute atomic E-state index is 0.0173. The molecular weight excluding hydrogens is 292 g/mol. The molecule has 0 saturated carbocycles. The predicted octanol–water partition coefficient (Wildman–Crippen LogP) is 1.79. The van der Waals surface area contributed by atoms with Crippen LogP contribution in [0.4, 0.5) is 0 Å². The maximum Gasteiger partial charge on any atom is 0.228 e. The summed E-state index contributed by atoms with van der Waals surface area (Å²) in [6.45, 7) is 8.49. The molecular formula is C18H26N2O3. The molecule has 2 N–H and O–H groups in total. The molecule has 1 aromatic rings. The van der Waals surface area contributed by atoms with Crippen molar-refractivity contribution in [1.82, 2.24) is 10.2 Å². The predicted molar refractivity (Wildman–Crippen MR) is 88.5 cm³/mol. The van der Waals surface area contributed by atoms with Gasteiger partial charge in [-0.3, -0.25) is 9.59 Å². The van der Waals surface area contributed by atoms with Crippen molar-refractivity contribution in [2.75, 3.05) is 13.1 Å². The fraction of sp³-hybridized carbons (Fsp3) is 0.556. The van der Waals surface area contributed by atoms with E-state index in [1.807, 2.05) is 31.2 Å². The average Bonchev–Trinajstić information content (AvgIpc) is 2.88. The third-order valence-electron chi connectivity index (χ3n) is 4.58. The molecule has 1 saturated heterocycles. The number of aliphatic hydroxyl groups is 1. The molecule has 1 heterocycles. The Morgan fingerprint density at radius 2 is 1.91 bits per heavy atom. The number of nitrogens with zero attached hydrogens (tertiary/aromatic N) is 1. The van der Waals surface area contributed by atoms with E-state index < -0.39 is 11.0 Å². The smallest absolute Gasteiger partial charge is 0.228 e. The van der Waals surface area contributed by atoms with E-state index in [0.717, 1.165) is 11.1 Å². The van der Waals surface area contributed by atoms with Crippen molar-refractivity contribution in [2.24, 2.45) is 5.41 Å². The Hall–Kier alpha value is -1.88. The summed E-state index contributed by atoms with van der Waals surface area (Å²) in [6, 6.07) is 7.56. The molecule has 0 bridgehead atoms. The van der Waals surface area contributed by atoms with Crippen LogP contribution in [0.25, 0.3) is 0 Å². The molecule has 1 aromatic carbocycles. The van der Waals surface area contributed by atoms with Crippen LogP contribution < -0.4 is 5.32 Å². The lowest BCUT2D eigenvalue weighted by Gasteiger charge is -2.23. The van der Waals surface area contributed by atoms with Crippen LogP contribution in [0.15, 0.2) is 24.3 Å². The van der Waals surface area contributed by atoms with Gasteiger partial charge in [0.1, 0.15) is 0 Å². The molecule has 5 heteroatoms. The molecule has 0 spiro atoms. The molecule has 2 amide bonds. The highest BCUT2D eigenvalue weighted by Crippen LogP contribution is 2.30. The van der Waals surface area contributed by atoms with Crippen LogP contribution in [0, 0.1) is 5.41 Å². The molecule has 2 rings (SSSR count). The molecule has 1 atom stereocenters. The van der Waals surface area contributed by atoms with Crippen molar-refractivity contribution < 1.29 is 14.7 Å². The van der Waals surface area contributed by atoms with E-state index in [9.17, 15) is 14.7 Å². The maximum absolute atomic E-state index is 12.4. The molecule has 1 aliphatic heterocycles. The Balaban J connectivity index is 1.93. The summed E-state index contributed by atoms with van der Waals surface area (Å²) in [7, 11) is 0. The average molecular weight is 318 g/mol. The summed E-state index contributed by atoms with van der Waals surface area (Å²) in [5.41, 5.74) is 0.442. The number of likely N-dealkylation sites (tertiary alicyclic amines) is 1. The van der Waals surface area contributed by atoms with Gasteiger partial charge in [-0.25, -0.2) is 0 Å². The van der Waals surface area contributed by atoms with Crippen molar-refractivity contribution >= 4 is 11.8 Å². The normalized spacial score (nSPS) is 21.3. The lowest BCUT2D eigenvalue weighted by molar-refractivity contribution is -0.131. The van der Waals surface area contributed by atoms with Crippen molar-refractivity contribution in [1.29, 1.82) is 0 Å². The van der Waals surface area contributed by atoms with Gasteiger partial charge in [0.25, 0.3) is 0 Å². The molecule has 23 heavy (non-hydrogen) atoms. The van der Waals surface area contributed by atoms with Gasteiger partial charge in [-0.2, -0.15) is 0 Å². The zero-order chi connectivity index (χ0) is 17.3. The van der Waals surface area contributed by atoms with Crippen LogP contribution in [-0.2, 0) is 21.7 Å². The van der Waals surface area contributed by atoms with Gasteiger partial charge in [-0.05, 0) is 38.3 Å². The minimum Gasteiger partial charge on any atom is -0.386 e. The van der Waals surface area contributed by atoms with Crippen LogP contribution in [-0.4, -0.2) is 34.9 Å². The van der Waals surface area contributed by atoms with E-state index in [1.165, 1.54) is 6.92 Å². The number of amides is 2. The summed E-state index contributed by atoms with van der Waals surface area (Å²) in [5.74, 6) is -0.00320. The Labute approximate surface area is 137 Å². The van der Waals surface area contributed by atoms with Crippen molar-refractivity contribution in [3.8, 4) is 0 Å². The topological polar surface area (TPSA) is 69.6 Å². The van der Waals surface area contributed by atoms with Crippen LogP contribution in [0.2, 0.25) is 0 Å². The van der Waals surface area contributed by atoms with Gasteiger partial charge >= 0.3 is 0 Å². The van der Waals surface area contributed by atoms with Gasteiger partial charge in [0, 0.05) is 26.6 Å². The van der Waals surface area contributed by atoms with Gasteiger partial charge < -0.3 is 15.3 Å². The van der Waals surface area contributed by atoms with E-state index in [2.05, 4.69) is 5.32 Å². The summed E-state index contributed by atoms with van der Waals surface area (Å²) >= 11 is 0. The zero-order valence-corrected chi connectivity index (χ0v) is 14.3. The molecule has 1 fully saturated rings. The van der Waals surface area contributed by atoms with Crippen LogP contribution in [0.5, 0.6) is 0 Å². The number of carbonyl (C=O) groups excluding carboxylic acids is 2. The highest BCUT2D eigenvalue weighted by Gasteiger charge is 2.40. The highest BCUT2D eigenvalue weighted by molar-refractivity contribution is 5.84. The van der Waals surface area contributed by atoms with Gasteiger partial charge in [0.15, 0.2) is 0 Å². The Bertz CT molecular complexity index is 589. The van der Waals surface area contributed by atoms with E-state index in [1.54, 1.807) is 18.7 Å². The molecule has 0 aromatic heterocycles. The largest absolute Gasteiger partial charge is 0.386 e. The van der Waals surface area contributed by atoms with Gasteiger partial charge in [0.05, 0.1) is 11.0 Å². The van der Waals surface area contributed by atoms with Crippen molar-refractivity contribution in [3.05, 3.63) is 35.4 Å². The molecule has 0 radical (unpaired) electrons. The fourth-order valence-electron chi connectivity index (χ4n) is 2.84. The van der Waals surface area contributed by atoms with Crippen molar-refractivity contribution in [3.63, 3.8) is 0 Å². The Kier molecular flexibility index (Phi) is 4.80. The first-order valence-electron chi connectivity index (χ1n) is 7.97. The Morgan fingerprint density at radius 1 is 1.30 bits per heavy atom.